The van der Waals surface area contributed by atoms with Crippen molar-refractivity contribution in [1.29, 1.82) is 0 Å². The van der Waals surface area contributed by atoms with E-state index < -0.39 is 6.10 Å². The number of halogens is 2. The third-order valence-electron chi connectivity index (χ3n) is 7.02. The molecule has 0 radical (unpaired) electrons. The maximum atomic E-state index is 14.7. The second-order valence-electron chi connectivity index (χ2n) is 9.43. The normalized spacial score (nSPS) is 20.2. The number of hydrogen-bond donors (Lipinski definition) is 1. The first-order valence-corrected chi connectivity index (χ1v) is 12.2. The van der Waals surface area contributed by atoms with E-state index in [1.807, 2.05) is 34.1 Å². The van der Waals surface area contributed by atoms with Gasteiger partial charge in [0.25, 0.3) is 0 Å². The minimum atomic E-state index is -0.540. The molecule has 1 aromatic heterocycles. The van der Waals surface area contributed by atoms with E-state index in [2.05, 4.69) is 9.97 Å². The maximum absolute atomic E-state index is 14.7. The van der Waals surface area contributed by atoms with E-state index in [1.165, 1.54) is 18.2 Å². The van der Waals surface area contributed by atoms with E-state index in [0.29, 0.717) is 47.8 Å². The number of carbonyl (C=O) groups excluding carboxylic acids is 1. The summed E-state index contributed by atoms with van der Waals surface area (Å²) in [6, 6.07) is 18.6. The van der Waals surface area contributed by atoms with E-state index in [1.54, 1.807) is 24.3 Å². The van der Waals surface area contributed by atoms with Crippen LogP contribution in [0.5, 0.6) is 5.75 Å². The minimum Gasteiger partial charge on any atom is -0.484 e. The molecule has 1 fully saturated rings. The number of likely N-dealkylation sites (tertiary alicyclic amines) is 1. The first kappa shape index (κ1) is 22.7. The number of nitrogens with one attached hydrogen (secondary N) is 1. The van der Waals surface area contributed by atoms with Gasteiger partial charge in [-0.15, -0.1) is 0 Å². The van der Waals surface area contributed by atoms with Crippen molar-refractivity contribution in [3.63, 3.8) is 0 Å². The highest BCUT2D eigenvalue weighted by atomic mass is 19.1. The van der Waals surface area contributed by atoms with Crippen molar-refractivity contribution in [1.82, 2.24) is 19.8 Å². The molecule has 1 saturated heterocycles. The maximum Gasteiger partial charge on any atom is 0.237 e. The second kappa shape index (κ2) is 9.35. The number of aromatic amines is 1. The fourth-order valence-electron chi connectivity index (χ4n) is 5.29. The van der Waals surface area contributed by atoms with Gasteiger partial charge in [0.1, 0.15) is 29.3 Å². The molecule has 36 heavy (non-hydrogen) atoms. The van der Waals surface area contributed by atoms with Gasteiger partial charge in [0.05, 0.1) is 23.6 Å². The van der Waals surface area contributed by atoms with E-state index in [4.69, 9.17) is 4.74 Å². The van der Waals surface area contributed by atoms with Crippen LogP contribution in [0.4, 0.5) is 8.78 Å². The van der Waals surface area contributed by atoms with Crippen LogP contribution < -0.4 is 4.74 Å². The molecular formula is C28H26F2N4O2. The molecule has 8 heteroatoms. The molecule has 4 aromatic rings. The van der Waals surface area contributed by atoms with Crippen LogP contribution in [0.25, 0.3) is 11.0 Å². The van der Waals surface area contributed by atoms with E-state index in [0.717, 1.165) is 18.4 Å². The average molecular weight is 489 g/mol. The predicted octanol–water partition coefficient (Wildman–Crippen LogP) is 5.14. The summed E-state index contributed by atoms with van der Waals surface area (Å²) in [6.07, 6.45) is 1.12. The van der Waals surface area contributed by atoms with Gasteiger partial charge < -0.3 is 14.6 Å². The monoisotopic (exact) mass is 488 g/mol. The predicted molar refractivity (Wildman–Crippen MR) is 131 cm³/mol. The third kappa shape index (κ3) is 4.33. The topological polar surface area (TPSA) is 61.5 Å². The number of nitrogens with zero attached hydrogens (tertiary/aromatic N) is 3. The van der Waals surface area contributed by atoms with Gasteiger partial charge in [-0.25, -0.2) is 13.8 Å². The third-order valence-corrected chi connectivity index (χ3v) is 7.02. The van der Waals surface area contributed by atoms with Gasteiger partial charge in [0, 0.05) is 30.8 Å². The van der Waals surface area contributed by atoms with Gasteiger partial charge in [0.2, 0.25) is 5.91 Å². The van der Waals surface area contributed by atoms with Crippen molar-refractivity contribution in [2.75, 3.05) is 19.6 Å². The Kier molecular flexibility index (Phi) is 5.89. The molecule has 6 nitrogen and oxygen atoms in total. The molecule has 1 amide bonds. The summed E-state index contributed by atoms with van der Waals surface area (Å²) in [4.78, 5) is 25.3. The van der Waals surface area contributed by atoms with Crippen LogP contribution in [0.2, 0.25) is 0 Å². The fraction of sp³-hybridized carbons (Fsp3) is 0.286. The van der Waals surface area contributed by atoms with Crippen LogP contribution in [-0.2, 0) is 11.3 Å². The van der Waals surface area contributed by atoms with Crippen molar-refractivity contribution >= 4 is 16.9 Å². The molecular weight excluding hydrogens is 462 g/mol. The molecule has 0 spiro atoms. The van der Waals surface area contributed by atoms with Crippen molar-refractivity contribution in [2.24, 2.45) is 0 Å². The van der Waals surface area contributed by atoms with Crippen LogP contribution >= 0.6 is 0 Å². The summed E-state index contributed by atoms with van der Waals surface area (Å²) in [7, 11) is 0. The van der Waals surface area contributed by atoms with E-state index in [9.17, 15) is 13.6 Å². The van der Waals surface area contributed by atoms with Gasteiger partial charge in [-0.1, -0.05) is 36.4 Å². The summed E-state index contributed by atoms with van der Waals surface area (Å²) in [5, 5.41) is 0. The molecule has 184 valence electrons. The van der Waals surface area contributed by atoms with Crippen molar-refractivity contribution in [2.45, 2.75) is 31.5 Å². The molecule has 2 aliphatic heterocycles. The number of ether oxygens (including phenoxy) is 1. The Labute approximate surface area is 207 Å². The number of H-pyrrole nitrogens is 1. The largest absolute Gasteiger partial charge is 0.484 e. The molecule has 3 aromatic carbocycles. The zero-order valence-electron chi connectivity index (χ0n) is 19.7. The van der Waals surface area contributed by atoms with Crippen LogP contribution in [0, 0.1) is 11.6 Å². The van der Waals surface area contributed by atoms with E-state index in [-0.39, 0.29) is 30.1 Å². The molecule has 2 atom stereocenters. The molecule has 0 saturated carbocycles. The highest BCUT2D eigenvalue weighted by molar-refractivity contribution is 5.79. The van der Waals surface area contributed by atoms with Crippen molar-refractivity contribution in [3.05, 3.63) is 95.3 Å². The fourth-order valence-corrected chi connectivity index (χ4v) is 5.29. The summed E-state index contributed by atoms with van der Waals surface area (Å²) in [5.74, 6) is 0.708. The lowest BCUT2D eigenvalue weighted by Crippen LogP contribution is -2.41. The number of para-hydroxylation sites is 1. The zero-order valence-corrected chi connectivity index (χ0v) is 19.7. The van der Waals surface area contributed by atoms with Gasteiger partial charge in [-0.05, 0) is 43.2 Å². The number of rotatable bonds is 4. The molecule has 0 unspecified atom stereocenters. The number of amides is 1. The SMILES string of the molecule is O=C(CN1Cc2ccccc2O[C@@H](c2ccccc2F)C1)N1CCC[C@@H]1c1nc2ccc(F)cc2[nH]1. The lowest BCUT2D eigenvalue weighted by molar-refractivity contribution is -0.133. The first-order valence-electron chi connectivity index (χ1n) is 12.2. The molecule has 1 N–H and O–H groups in total. The Bertz CT molecular complexity index is 1420. The number of aromatic nitrogens is 2. The zero-order chi connectivity index (χ0) is 24.6. The number of carbonyl (C=O) groups is 1. The van der Waals surface area contributed by atoms with Crippen LogP contribution in [0.1, 0.15) is 41.9 Å². The lowest BCUT2D eigenvalue weighted by Gasteiger charge is -2.28. The van der Waals surface area contributed by atoms with E-state index >= 15 is 0 Å². The summed E-state index contributed by atoms with van der Waals surface area (Å²) in [6.45, 7) is 1.71. The highest BCUT2D eigenvalue weighted by Gasteiger charge is 2.34. The number of hydrogen-bond acceptors (Lipinski definition) is 4. The molecule has 2 aliphatic rings. The Morgan fingerprint density at radius 1 is 1.08 bits per heavy atom. The number of imidazole rings is 1. The Hall–Kier alpha value is -3.78. The first-order chi connectivity index (χ1) is 17.5. The number of fused-ring (bicyclic) bond motifs is 2. The quantitative estimate of drug-likeness (QED) is 0.432. The summed E-state index contributed by atoms with van der Waals surface area (Å²) in [5.41, 5.74) is 2.74. The highest BCUT2D eigenvalue weighted by Crippen LogP contribution is 2.34. The summed E-state index contributed by atoms with van der Waals surface area (Å²) < 4.78 is 34.6. The Morgan fingerprint density at radius 2 is 1.92 bits per heavy atom. The smallest absolute Gasteiger partial charge is 0.237 e. The van der Waals surface area contributed by atoms with Gasteiger partial charge in [-0.3, -0.25) is 9.69 Å². The molecule has 6 rings (SSSR count). The average Bonchev–Trinajstić information content (AvgIpc) is 3.47. The van der Waals surface area contributed by atoms with Gasteiger partial charge in [-0.2, -0.15) is 0 Å². The number of benzene rings is 3. The Balaban J connectivity index is 1.25. The second-order valence-corrected chi connectivity index (χ2v) is 9.43. The van der Waals surface area contributed by atoms with Gasteiger partial charge >= 0.3 is 0 Å². The van der Waals surface area contributed by atoms with Gasteiger partial charge in [0.15, 0.2) is 0 Å². The lowest BCUT2D eigenvalue weighted by atomic mass is 10.1. The standard InChI is InChI=1S/C28H26F2N4O2/c29-19-11-12-22-23(14-19)32-28(31-22)24-9-5-13-34(24)27(35)17-33-15-18-6-1-4-10-25(18)36-26(16-33)20-7-2-3-8-21(20)30/h1-4,6-8,10-12,14,24,26H,5,9,13,15-17H2,(H,31,32)/t24-,26-/m1/s1. The molecule has 0 aliphatic carbocycles. The molecule has 0 bridgehead atoms. The van der Waals surface area contributed by atoms with Crippen LogP contribution in [-0.4, -0.2) is 45.3 Å². The van der Waals surface area contributed by atoms with Crippen LogP contribution in [0.15, 0.2) is 66.7 Å². The minimum absolute atomic E-state index is 0.0178. The van der Waals surface area contributed by atoms with Crippen molar-refractivity contribution in [3.8, 4) is 5.75 Å². The van der Waals surface area contributed by atoms with Crippen molar-refractivity contribution < 1.29 is 18.3 Å². The Morgan fingerprint density at radius 3 is 2.81 bits per heavy atom. The van der Waals surface area contributed by atoms with Crippen LogP contribution in [0.3, 0.4) is 0 Å². The molecule has 3 heterocycles. The summed E-state index contributed by atoms with van der Waals surface area (Å²) >= 11 is 0.